The normalized spacial score (nSPS) is 11.7. The highest BCUT2D eigenvalue weighted by Gasteiger charge is 2.17. The fourth-order valence-electron chi connectivity index (χ4n) is 0.691. The number of halogens is 4. The maximum Gasteiger partial charge on any atom is 0.262 e. The summed E-state index contributed by atoms with van der Waals surface area (Å²) >= 11 is 2.75. The molecule has 1 aromatic carbocycles. The molecule has 0 aliphatic carbocycles. The molecule has 1 rings (SSSR count). The molecule has 13 heavy (non-hydrogen) atoms. The second kappa shape index (κ2) is 3.51. The molecule has 0 spiro atoms. The van der Waals surface area contributed by atoms with Crippen LogP contribution in [0.2, 0.25) is 0 Å². The van der Waals surface area contributed by atoms with Crippen molar-refractivity contribution < 1.29 is 17.2 Å². The molecule has 7 heteroatoms. The van der Waals surface area contributed by atoms with Crippen LogP contribution in [0.3, 0.4) is 0 Å². The second-order valence-corrected chi connectivity index (χ2v) is 5.52. The van der Waals surface area contributed by atoms with Gasteiger partial charge in [-0.05, 0) is 28.1 Å². The molecule has 0 saturated carbocycles. The fraction of sp³-hybridized carbons (Fsp3) is 0. The van der Waals surface area contributed by atoms with Gasteiger partial charge in [-0.1, -0.05) is 0 Å². The Balaban J connectivity index is 3.50. The molecule has 2 nitrogen and oxygen atoms in total. The molecule has 0 aliphatic rings. The lowest BCUT2D eigenvalue weighted by Crippen LogP contribution is -1.95. The summed E-state index contributed by atoms with van der Waals surface area (Å²) in [4.78, 5) is -0.493. The van der Waals surface area contributed by atoms with E-state index < -0.39 is 25.6 Å². The van der Waals surface area contributed by atoms with Gasteiger partial charge in [-0.3, -0.25) is 0 Å². The number of hydrogen-bond donors (Lipinski definition) is 0. The summed E-state index contributed by atoms with van der Waals surface area (Å²) in [6, 6.07) is 1.21. The van der Waals surface area contributed by atoms with Crippen molar-refractivity contribution in [1.82, 2.24) is 0 Å². The zero-order valence-corrected chi connectivity index (χ0v) is 9.05. The van der Waals surface area contributed by atoms with E-state index in [4.69, 9.17) is 10.7 Å². The zero-order valence-electron chi connectivity index (χ0n) is 5.89. The van der Waals surface area contributed by atoms with Crippen molar-refractivity contribution in [3.63, 3.8) is 0 Å². The monoisotopic (exact) mass is 290 g/mol. The molecule has 0 atom stereocenters. The van der Waals surface area contributed by atoms with Crippen LogP contribution in [-0.4, -0.2) is 8.42 Å². The topological polar surface area (TPSA) is 34.1 Å². The third kappa shape index (κ3) is 2.38. The minimum absolute atomic E-state index is 0.110. The Morgan fingerprint density at radius 2 is 1.69 bits per heavy atom. The molecule has 0 saturated heterocycles. The van der Waals surface area contributed by atoms with E-state index in [1.54, 1.807) is 0 Å². The van der Waals surface area contributed by atoms with Gasteiger partial charge in [0.05, 0.1) is 4.90 Å². The Morgan fingerprint density at radius 3 is 2.15 bits per heavy atom. The molecule has 0 amide bonds. The van der Waals surface area contributed by atoms with Crippen LogP contribution < -0.4 is 0 Å². The van der Waals surface area contributed by atoms with E-state index in [2.05, 4.69) is 15.9 Å². The Labute approximate surface area is 86.1 Å². The minimum Gasteiger partial charge on any atom is -0.207 e. The molecule has 0 aliphatic heterocycles. The molecule has 0 bridgehead atoms. The van der Waals surface area contributed by atoms with Gasteiger partial charge in [-0.15, -0.1) is 0 Å². The van der Waals surface area contributed by atoms with E-state index in [9.17, 15) is 17.2 Å². The first-order valence-corrected chi connectivity index (χ1v) is 6.02. The maximum absolute atomic E-state index is 12.6. The number of benzene rings is 1. The first-order chi connectivity index (χ1) is 5.82. The standard InChI is InChI=1S/C6H2BrClF2O2S/c7-3-1-4(9)5(10)2-6(3)13(8,11)12/h1-2H. The average molecular weight is 292 g/mol. The van der Waals surface area contributed by atoms with E-state index in [1.165, 1.54) is 0 Å². The molecular formula is C6H2BrClF2O2S. The van der Waals surface area contributed by atoms with Gasteiger partial charge < -0.3 is 0 Å². The minimum atomic E-state index is -4.05. The van der Waals surface area contributed by atoms with Gasteiger partial charge in [0.2, 0.25) is 0 Å². The fourth-order valence-corrected chi connectivity index (χ4v) is 2.84. The largest absolute Gasteiger partial charge is 0.262 e. The molecule has 0 unspecified atom stereocenters. The zero-order chi connectivity index (χ0) is 10.2. The van der Waals surface area contributed by atoms with Crippen LogP contribution in [0, 0.1) is 11.6 Å². The van der Waals surface area contributed by atoms with Gasteiger partial charge in [0.15, 0.2) is 11.6 Å². The van der Waals surface area contributed by atoms with Crippen molar-refractivity contribution in [3.8, 4) is 0 Å². The van der Waals surface area contributed by atoms with E-state index >= 15 is 0 Å². The second-order valence-electron chi connectivity index (χ2n) is 2.13. The summed E-state index contributed by atoms with van der Waals surface area (Å²) in [5.41, 5.74) is 0. The lowest BCUT2D eigenvalue weighted by Gasteiger charge is -2.00. The van der Waals surface area contributed by atoms with Gasteiger partial charge in [0.25, 0.3) is 9.05 Å². The van der Waals surface area contributed by atoms with Gasteiger partial charge in [0, 0.05) is 15.2 Å². The highest BCUT2D eigenvalue weighted by Crippen LogP contribution is 2.27. The van der Waals surface area contributed by atoms with Crippen LogP contribution >= 0.6 is 26.6 Å². The van der Waals surface area contributed by atoms with Crippen molar-refractivity contribution in [2.75, 3.05) is 0 Å². The summed E-state index contributed by atoms with van der Waals surface area (Å²) in [5.74, 6) is -2.40. The smallest absolute Gasteiger partial charge is 0.207 e. The van der Waals surface area contributed by atoms with E-state index in [1.807, 2.05) is 0 Å². The average Bonchev–Trinajstić information content (AvgIpc) is 1.94. The Morgan fingerprint density at radius 1 is 1.23 bits per heavy atom. The van der Waals surface area contributed by atoms with Gasteiger partial charge in [0.1, 0.15) is 0 Å². The summed E-state index contributed by atoms with van der Waals surface area (Å²) in [6.07, 6.45) is 0. The highest BCUT2D eigenvalue weighted by atomic mass is 79.9. The third-order valence-corrected chi connectivity index (χ3v) is 3.52. The molecule has 1 aromatic rings. The summed E-state index contributed by atoms with van der Waals surface area (Å²) in [6.45, 7) is 0. The molecule has 72 valence electrons. The van der Waals surface area contributed by atoms with Crippen LogP contribution in [0.25, 0.3) is 0 Å². The maximum atomic E-state index is 12.6. The quantitative estimate of drug-likeness (QED) is 0.589. The Hall–Kier alpha value is -0.200. The van der Waals surface area contributed by atoms with Crippen LogP contribution in [0.5, 0.6) is 0 Å². The van der Waals surface area contributed by atoms with Crippen LogP contribution in [-0.2, 0) is 9.05 Å². The van der Waals surface area contributed by atoms with Gasteiger partial charge in [-0.2, -0.15) is 0 Å². The molecule has 0 heterocycles. The third-order valence-electron chi connectivity index (χ3n) is 1.24. The number of rotatable bonds is 1. The first kappa shape index (κ1) is 10.9. The van der Waals surface area contributed by atoms with Crippen molar-refractivity contribution >= 4 is 35.7 Å². The molecule has 0 radical (unpaired) electrons. The van der Waals surface area contributed by atoms with Crippen molar-refractivity contribution in [3.05, 3.63) is 28.2 Å². The van der Waals surface area contributed by atoms with Crippen molar-refractivity contribution in [2.45, 2.75) is 4.90 Å². The molecule has 0 N–H and O–H groups in total. The van der Waals surface area contributed by atoms with Crippen LogP contribution in [0.15, 0.2) is 21.5 Å². The van der Waals surface area contributed by atoms with Crippen LogP contribution in [0.4, 0.5) is 8.78 Å². The SMILES string of the molecule is O=S(=O)(Cl)c1cc(F)c(F)cc1Br. The van der Waals surface area contributed by atoms with E-state index in [-0.39, 0.29) is 4.47 Å². The van der Waals surface area contributed by atoms with Gasteiger partial charge in [-0.25, -0.2) is 17.2 Å². The van der Waals surface area contributed by atoms with Crippen molar-refractivity contribution in [2.24, 2.45) is 0 Å². The lowest BCUT2D eigenvalue weighted by molar-refractivity contribution is 0.504. The predicted molar refractivity (Wildman–Crippen MR) is 47.1 cm³/mol. The highest BCUT2D eigenvalue weighted by molar-refractivity contribution is 9.10. The Kier molecular flexibility index (Phi) is 2.94. The molecular weight excluding hydrogens is 289 g/mol. The molecule has 0 fully saturated rings. The van der Waals surface area contributed by atoms with Gasteiger partial charge >= 0.3 is 0 Å². The Bertz CT molecular complexity index is 446. The predicted octanol–water partition coefficient (Wildman–Crippen LogP) is 2.65. The first-order valence-electron chi connectivity index (χ1n) is 2.91. The van der Waals surface area contributed by atoms with E-state index in [0.717, 1.165) is 0 Å². The summed E-state index contributed by atoms with van der Waals surface area (Å²) in [7, 11) is 0.887. The summed E-state index contributed by atoms with van der Waals surface area (Å²) < 4.78 is 46.5. The lowest BCUT2D eigenvalue weighted by atomic mass is 10.3. The molecule has 0 aromatic heterocycles. The summed E-state index contributed by atoms with van der Waals surface area (Å²) in [5, 5.41) is 0. The number of hydrogen-bond acceptors (Lipinski definition) is 2. The van der Waals surface area contributed by atoms with Crippen LogP contribution in [0.1, 0.15) is 0 Å². The van der Waals surface area contributed by atoms with Crippen molar-refractivity contribution in [1.29, 1.82) is 0 Å². The van der Waals surface area contributed by atoms with E-state index in [0.29, 0.717) is 12.1 Å².